The van der Waals surface area contributed by atoms with Crippen molar-refractivity contribution in [3.8, 4) is 0 Å². The van der Waals surface area contributed by atoms with Crippen LogP contribution in [0.25, 0.3) is 0 Å². The Morgan fingerprint density at radius 1 is 1.37 bits per heavy atom. The van der Waals surface area contributed by atoms with E-state index in [0.29, 0.717) is 9.37 Å². The maximum atomic E-state index is 12.4. The fourth-order valence-electron chi connectivity index (χ4n) is 1.57. The first-order chi connectivity index (χ1) is 8.80. The van der Waals surface area contributed by atoms with Crippen LogP contribution in [0.5, 0.6) is 0 Å². The lowest BCUT2D eigenvalue weighted by Gasteiger charge is -2.21. The third-order valence-corrected chi connectivity index (χ3v) is 5.97. The van der Waals surface area contributed by atoms with Gasteiger partial charge in [0.1, 0.15) is 0 Å². The van der Waals surface area contributed by atoms with Crippen LogP contribution in [0.4, 0.5) is 0 Å². The number of rotatable bonds is 6. The van der Waals surface area contributed by atoms with Gasteiger partial charge in [-0.05, 0) is 54.0 Å². The molecular formula is C13H21BrN2O2S. The topological polar surface area (TPSA) is 49.4 Å². The molecule has 0 atom stereocenters. The van der Waals surface area contributed by atoms with Crippen molar-refractivity contribution in [3.05, 3.63) is 28.2 Å². The molecule has 0 aliphatic carbocycles. The molecule has 0 saturated carbocycles. The molecule has 0 saturated heterocycles. The highest BCUT2D eigenvalue weighted by Gasteiger charge is 2.25. The molecule has 0 radical (unpaired) electrons. The first-order valence-corrected chi connectivity index (χ1v) is 8.51. The minimum atomic E-state index is -3.44. The molecule has 0 fully saturated rings. The molecule has 1 N–H and O–H groups in total. The van der Waals surface area contributed by atoms with E-state index in [-0.39, 0.29) is 6.04 Å². The Hall–Kier alpha value is -0.430. The number of hydrogen-bond donors (Lipinski definition) is 1. The molecule has 0 aliphatic rings. The molecule has 1 aromatic carbocycles. The van der Waals surface area contributed by atoms with E-state index in [2.05, 4.69) is 21.2 Å². The number of hydrogen-bond acceptors (Lipinski definition) is 3. The minimum absolute atomic E-state index is 0.0710. The van der Waals surface area contributed by atoms with E-state index in [1.165, 1.54) is 4.31 Å². The summed E-state index contributed by atoms with van der Waals surface area (Å²) in [5, 5.41) is 3.21. The second-order valence-electron chi connectivity index (χ2n) is 4.66. The fraction of sp³-hybridized carbons (Fsp3) is 0.538. The number of halogens is 1. The maximum Gasteiger partial charge on any atom is 0.244 e. The second kappa shape index (κ2) is 6.83. The van der Waals surface area contributed by atoms with Gasteiger partial charge in [-0.1, -0.05) is 13.0 Å². The predicted octanol–water partition coefficient (Wildman–Crippen LogP) is 2.59. The van der Waals surface area contributed by atoms with Gasteiger partial charge in [-0.15, -0.1) is 0 Å². The van der Waals surface area contributed by atoms with Crippen LogP contribution in [0.15, 0.2) is 27.6 Å². The molecule has 0 unspecified atom stereocenters. The third kappa shape index (κ3) is 4.02. The molecule has 0 spiro atoms. The van der Waals surface area contributed by atoms with Crippen LogP contribution in [0.3, 0.4) is 0 Å². The molecule has 6 heteroatoms. The first kappa shape index (κ1) is 16.6. The SMILES string of the molecule is CCNCc1ccc(S(=O)(=O)N(C)C(C)C)c(Br)c1. The molecular weight excluding hydrogens is 328 g/mol. The van der Waals surface area contributed by atoms with Gasteiger partial charge in [0, 0.05) is 24.1 Å². The van der Waals surface area contributed by atoms with Crippen molar-refractivity contribution in [2.45, 2.75) is 38.3 Å². The van der Waals surface area contributed by atoms with Crippen molar-refractivity contribution in [2.75, 3.05) is 13.6 Å². The number of nitrogens with zero attached hydrogens (tertiary/aromatic N) is 1. The van der Waals surface area contributed by atoms with Gasteiger partial charge in [-0.3, -0.25) is 0 Å². The van der Waals surface area contributed by atoms with Crippen molar-refractivity contribution in [2.24, 2.45) is 0 Å². The van der Waals surface area contributed by atoms with Crippen molar-refractivity contribution >= 4 is 26.0 Å². The highest BCUT2D eigenvalue weighted by Crippen LogP contribution is 2.26. The third-order valence-electron chi connectivity index (χ3n) is 2.96. The monoisotopic (exact) mass is 348 g/mol. The highest BCUT2D eigenvalue weighted by molar-refractivity contribution is 9.10. The number of benzene rings is 1. The molecule has 0 aromatic heterocycles. The second-order valence-corrected chi connectivity index (χ2v) is 7.48. The lowest BCUT2D eigenvalue weighted by molar-refractivity contribution is 0.410. The quantitative estimate of drug-likeness (QED) is 0.859. The number of sulfonamides is 1. The van der Waals surface area contributed by atoms with Gasteiger partial charge in [0.25, 0.3) is 0 Å². The highest BCUT2D eigenvalue weighted by atomic mass is 79.9. The molecule has 0 aliphatic heterocycles. The molecule has 1 rings (SSSR count). The molecule has 0 amide bonds. The van der Waals surface area contributed by atoms with Gasteiger partial charge in [0.15, 0.2) is 0 Å². The Morgan fingerprint density at radius 2 is 2.00 bits per heavy atom. The van der Waals surface area contributed by atoms with Gasteiger partial charge in [0.05, 0.1) is 4.90 Å². The standard InChI is InChI=1S/C13H21BrN2O2S/c1-5-15-9-11-6-7-13(12(14)8-11)19(17,18)16(4)10(2)3/h6-8,10,15H,5,9H2,1-4H3. The zero-order valence-electron chi connectivity index (χ0n) is 11.8. The van der Waals surface area contributed by atoms with Gasteiger partial charge < -0.3 is 5.32 Å². The summed E-state index contributed by atoms with van der Waals surface area (Å²) in [5.74, 6) is 0. The Balaban J connectivity index is 3.09. The van der Waals surface area contributed by atoms with E-state index in [0.717, 1.165) is 18.7 Å². The summed E-state index contributed by atoms with van der Waals surface area (Å²) in [6.07, 6.45) is 0. The lowest BCUT2D eigenvalue weighted by Crippen LogP contribution is -2.33. The van der Waals surface area contributed by atoms with Crippen LogP contribution in [-0.2, 0) is 16.6 Å². The van der Waals surface area contributed by atoms with Crippen molar-refractivity contribution in [1.82, 2.24) is 9.62 Å². The Kier molecular flexibility index (Phi) is 5.98. The van der Waals surface area contributed by atoms with E-state index in [1.807, 2.05) is 32.9 Å². The Labute approximate surface area is 124 Å². The Bertz CT molecular complexity index is 529. The normalized spacial score (nSPS) is 12.4. The van der Waals surface area contributed by atoms with Gasteiger partial charge in [-0.2, -0.15) is 4.31 Å². The summed E-state index contributed by atoms with van der Waals surface area (Å²) in [7, 11) is -1.84. The fourth-order valence-corrected chi connectivity index (χ4v) is 4.02. The zero-order chi connectivity index (χ0) is 14.6. The smallest absolute Gasteiger partial charge is 0.244 e. The molecule has 1 aromatic rings. The van der Waals surface area contributed by atoms with Crippen LogP contribution in [0, 0.1) is 0 Å². The van der Waals surface area contributed by atoms with Crippen molar-refractivity contribution in [1.29, 1.82) is 0 Å². The van der Waals surface area contributed by atoms with E-state index in [1.54, 1.807) is 13.1 Å². The van der Waals surface area contributed by atoms with E-state index < -0.39 is 10.0 Å². The van der Waals surface area contributed by atoms with E-state index >= 15 is 0 Å². The van der Waals surface area contributed by atoms with Crippen LogP contribution in [-0.4, -0.2) is 32.4 Å². The molecule has 108 valence electrons. The van der Waals surface area contributed by atoms with Crippen LogP contribution >= 0.6 is 15.9 Å². The average molecular weight is 349 g/mol. The van der Waals surface area contributed by atoms with E-state index in [9.17, 15) is 8.42 Å². The summed E-state index contributed by atoms with van der Waals surface area (Å²) in [6, 6.07) is 5.28. The van der Waals surface area contributed by atoms with Gasteiger partial charge in [-0.25, -0.2) is 8.42 Å². The number of nitrogens with one attached hydrogen (secondary N) is 1. The van der Waals surface area contributed by atoms with E-state index in [4.69, 9.17) is 0 Å². The lowest BCUT2D eigenvalue weighted by atomic mass is 10.2. The minimum Gasteiger partial charge on any atom is -0.313 e. The average Bonchev–Trinajstić information content (AvgIpc) is 2.34. The van der Waals surface area contributed by atoms with Gasteiger partial charge in [0.2, 0.25) is 10.0 Å². The Morgan fingerprint density at radius 3 is 2.47 bits per heavy atom. The zero-order valence-corrected chi connectivity index (χ0v) is 14.2. The summed E-state index contributed by atoms with van der Waals surface area (Å²) < 4.78 is 26.8. The van der Waals surface area contributed by atoms with Crippen molar-refractivity contribution in [3.63, 3.8) is 0 Å². The largest absolute Gasteiger partial charge is 0.313 e. The summed E-state index contributed by atoms with van der Waals surface area (Å²) in [4.78, 5) is 0.309. The maximum absolute atomic E-state index is 12.4. The molecule has 19 heavy (non-hydrogen) atoms. The molecule has 4 nitrogen and oxygen atoms in total. The molecule has 0 bridgehead atoms. The molecule has 0 heterocycles. The summed E-state index contributed by atoms with van der Waals surface area (Å²) >= 11 is 3.36. The first-order valence-electron chi connectivity index (χ1n) is 6.27. The summed E-state index contributed by atoms with van der Waals surface area (Å²) in [5.41, 5.74) is 1.06. The predicted molar refractivity (Wildman–Crippen MR) is 81.6 cm³/mol. The van der Waals surface area contributed by atoms with Crippen LogP contribution in [0.1, 0.15) is 26.3 Å². The van der Waals surface area contributed by atoms with Crippen LogP contribution < -0.4 is 5.32 Å². The summed E-state index contributed by atoms with van der Waals surface area (Å²) in [6.45, 7) is 7.35. The van der Waals surface area contributed by atoms with Crippen molar-refractivity contribution < 1.29 is 8.42 Å². The van der Waals surface area contributed by atoms with Crippen LogP contribution in [0.2, 0.25) is 0 Å². The van der Waals surface area contributed by atoms with Gasteiger partial charge >= 0.3 is 0 Å².